The van der Waals surface area contributed by atoms with E-state index in [1.807, 2.05) is 0 Å². The summed E-state index contributed by atoms with van der Waals surface area (Å²) in [7, 11) is 0. The lowest BCUT2D eigenvalue weighted by Crippen LogP contribution is -2.38. The van der Waals surface area contributed by atoms with Crippen LogP contribution in [0.25, 0.3) is 0 Å². The van der Waals surface area contributed by atoms with Crippen molar-refractivity contribution in [1.82, 2.24) is 0 Å². The average molecular weight is 258 g/mol. The predicted octanol–water partition coefficient (Wildman–Crippen LogP) is 5.90. The maximum Gasteiger partial charge on any atom is -0.00523 e. The summed E-state index contributed by atoms with van der Waals surface area (Å²) in [6.07, 6.45) is 22.7. The van der Waals surface area contributed by atoms with Crippen LogP contribution in [0.1, 0.15) is 71.6 Å². The first-order chi connectivity index (χ1) is 9.12. The van der Waals surface area contributed by atoms with Crippen molar-refractivity contribution in [3.8, 4) is 0 Å². The molecule has 0 saturated heterocycles. The molecule has 0 nitrogen and oxygen atoms in total. The lowest BCUT2D eigenvalue weighted by Gasteiger charge is -2.47. The zero-order chi connectivity index (χ0) is 13.3. The van der Waals surface area contributed by atoms with Crippen molar-refractivity contribution < 1.29 is 0 Å². The molecule has 0 aromatic rings. The van der Waals surface area contributed by atoms with Crippen LogP contribution in [0.4, 0.5) is 0 Å². The molecular formula is C19H30. The molecule has 3 aliphatic rings. The Morgan fingerprint density at radius 2 is 1.79 bits per heavy atom. The normalized spacial score (nSPS) is 40.3. The molecule has 3 rings (SSSR count). The Labute approximate surface area is 119 Å². The fourth-order valence-corrected chi connectivity index (χ4v) is 4.99. The lowest BCUT2D eigenvalue weighted by atomic mass is 9.58. The van der Waals surface area contributed by atoms with Crippen molar-refractivity contribution in [2.45, 2.75) is 71.6 Å². The summed E-state index contributed by atoms with van der Waals surface area (Å²) >= 11 is 0. The van der Waals surface area contributed by atoms with Gasteiger partial charge in [-0.2, -0.15) is 0 Å². The predicted molar refractivity (Wildman–Crippen MR) is 83.0 cm³/mol. The van der Waals surface area contributed by atoms with E-state index in [4.69, 9.17) is 0 Å². The van der Waals surface area contributed by atoms with Crippen LogP contribution < -0.4 is 0 Å². The molecule has 0 heterocycles. The summed E-state index contributed by atoms with van der Waals surface area (Å²) in [6, 6.07) is 0. The van der Waals surface area contributed by atoms with E-state index in [0.29, 0.717) is 10.8 Å². The van der Waals surface area contributed by atoms with Gasteiger partial charge in [-0.25, -0.2) is 0 Å². The highest BCUT2D eigenvalue weighted by Crippen LogP contribution is 2.52. The SMILES string of the molecule is CC1(CC[C@H]2CCCC3C=CC=C[C@@]32C)CCCC1. The summed E-state index contributed by atoms with van der Waals surface area (Å²) in [5.74, 6) is 1.73. The smallest absolute Gasteiger partial charge is 0.00523 e. The Morgan fingerprint density at radius 1 is 1.00 bits per heavy atom. The van der Waals surface area contributed by atoms with E-state index in [0.717, 1.165) is 11.8 Å². The van der Waals surface area contributed by atoms with Gasteiger partial charge in [0.15, 0.2) is 0 Å². The number of allylic oxidation sites excluding steroid dienone is 4. The minimum Gasteiger partial charge on any atom is -0.0806 e. The summed E-state index contributed by atoms with van der Waals surface area (Å²) < 4.78 is 0. The number of hydrogen-bond donors (Lipinski definition) is 0. The van der Waals surface area contributed by atoms with Gasteiger partial charge in [0.2, 0.25) is 0 Å². The highest BCUT2D eigenvalue weighted by Gasteiger charge is 2.42. The third-order valence-electron chi connectivity index (χ3n) is 6.56. The van der Waals surface area contributed by atoms with Crippen LogP contribution in [0, 0.1) is 22.7 Å². The Balaban J connectivity index is 1.66. The fraction of sp³-hybridized carbons (Fsp3) is 0.789. The molecule has 2 fully saturated rings. The van der Waals surface area contributed by atoms with Gasteiger partial charge in [-0.05, 0) is 61.2 Å². The highest BCUT2D eigenvalue weighted by molar-refractivity contribution is 5.21. The zero-order valence-corrected chi connectivity index (χ0v) is 12.8. The number of fused-ring (bicyclic) bond motifs is 1. The van der Waals surface area contributed by atoms with E-state index in [9.17, 15) is 0 Å². The van der Waals surface area contributed by atoms with Crippen LogP contribution in [-0.2, 0) is 0 Å². The maximum absolute atomic E-state index is 2.54. The van der Waals surface area contributed by atoms with Crippen LogP contribution >= 0.6 is 0 Å². The molecule has 0 aromatic carbocycles. The zero-order valence-electron chi connectivity index (χ0n) is 12.8. The molecule has 0 aliphatic heterocycles. The molecule has 0 heteroatoms. The van der Waals surface area contributed by atoms with Gasteiger partial charge in [-0.3, -0.25) is 0 Å². The van der Waals surface area contributed by atoms with Gasteiger partial charge >= 0.3 is 0 Å². The second-order valence-electron chi connectivity index (χ2n) is 7.90. The Bertz CT molecular complexity index is 369. The molecule has 0 N–H and O–H groups in total. The van der Waals surface area contributed by atoms with Crippen LogP contribution in [0.15, 0.2) is 24.3 Å². The van der Waals surface area contributed by atoms with Crippen molar-refractivity contribution in [2.75, 3.05) is 0 Å². The minimum absolute atomic E-state index is 0.460. The number of rotatable bonds is 3. The van der Waals surface area contributed by atoms with Crippen LogP contribution in [-0.4, -0.2) is 0 Å². The average Bonchev–Trinajstić information content (AvgIpc) is 2.83. The standard InChI is InChI=1S/C19H30/c1-18(12-5-6-13-18)15-11-17-10-7-9-16-8-3-4-14-19(16,17)2/h3-4,8,14,16-17H,5-7,9-13,15H2,1-2H3/t16?,17-,19+/m1/s1. The van der Waals surface area contributed by atoms with E-state index in [2.05, 4.69) is 38.2 Å². The Morgan fingerprint density at radius 3 is 2.58 bits per heavy atom. The van der Waals surface area contributed by atoms with Crippen molar-refractivity contribution >= 4 is 0 Å². The van der Waals surface area contributed by atoms with Gasteiger partial charge in [0.1, 0.15) is 0 Å². The molecule has 19 heavy (non-hydrogen) atoms. The lowest BCUT2D eigenvalue weighted by molar-refractivity contribution is 0.0956. The van der Waals surface area contributed by atoms with Gasteiger partial charge in [0, 0.05) is 0 Å². The van der Waals surface area contributed by atoms with Gasteiger partial charge in [-0.1, -0.05) is 57.4 Å². The molecular weight excluding hydrogens is 228 g/mol. The van der Waals surface area contributed by atoms with E-state index < -0.39 is 0 Å². The first kappa shape index (κ1) is 13.5. The molecule has 0 spiro atoms. The monoisotopic (exact) mass is 258 g/mol. The van der Waals surface area contributed by atoms with Crippen molar-refractivity contribution in [3.05, 3.63) is 24.3 Å². The summed E-state index contributed by atoms with van der Waals surface area (Å²) in [4.78, 5) is 0. The second kappa shape index (κ2) is 5.11. The van der Waals surface area contributed by atoms with Crippen LogP contribution in [0.3, 0.4) is 0 Å². The summed E-state index contributed by atoms with van der Waals surface area (Å²) in [6.45, 7) is 5.07. The molecule has 2 saturated carbocycles. The summed E-state index contributed by atoms with van der Waals surface area (Å²) in [5.41, 5.74) is 1.14. The minimum atomic E-state index is 0.460. The second-order valence-corrected chi connectivity index (χ2v) is 7.90. The first-order valence-corrected chi connectivity index (χ1v) is 8.48. The number of hydrogen-bond acceptors (Lipinski definition) is 0. The third-order valence-corrected chi connectivity index (χ3v) is 6.56. The van der Waals surface area contributed by atoms with E-state index in [-0.39, 0.29) is 0 Å². The quantitative estimate of drug-likeness (QED) is 0.591. The van der Waals surface area contributed by atoms with Gasteiger partial charge in [0.05, 0.1) is 0 Å². The van der Waals surface area contributed by atoms with Crippen LogP contribution in [0.5, 0.6) is 0 Å². The van der Waals surface area contributed by atoms with E-state index >= 15 is 0 Å². The van der Waals surface area contributed by atoms with Gasteiger partial charge in [0.25, 0.3) is 0 Å². The van der Waals surface area contributed by atoms with Gasteiger partial charge < -0.3 is 0 Å². The van der Waals surface area contributed by atoms with Gasteiger partial charge in [-0.15, -0.1) is 0 Å². The molecule has 106 valence electrons. The van der Waals surface area contributed by atoms with E-state index in [1.165, 1.54) is 57.8 Å². The molecule has 0 radical (unpaired) electrons. The topological polar surface area (TPSA) is 0 Å². The molecule has 1 unspecified atom stereocenters. The fourth-order valence-electron chi connectivity index (χ4n) is 4.99. The molecule has 0 aromatic heterocycles. The molecule has 0 bridgehead atoms. The molecule has 3 atom stereocenters. The first-order valence-electron chi connectivity index (χ1n) is 8.48. The van der Waals surface area contributed by atoms with Crippen LogP contribution in [0.2, 0.25) is 0 Å². The van der Waals surface area contributed by atoms with Crippen molar-refractivity contribution in [2.24, 2.45) is 22.7 Å². The highest BCUT2D eigenvalue weighted by atomic mass is 14.5. The molecule has 3 aliphatic carbocycles. The summed E-state index contributed by atoms with van der Waals surface area (Å²) in [5, 5.41) is 0. The third kappa shape index (κ3) is 2.56. The Hall–Kier alpha value is -0.520. The van der Waals surface area contributed by atoms with Crippen molar-refractivity contribution in [3.63, 3.8) is 0 Å². The van der Waals surface area contributed by atoms with Crippen molar-refractivity contribution in [1.29, 1.82) is 0 Å². The maximum atomic E-state index is 2.54. The molecule has 0 amide bonds. The Kier molecular flexibility index (Phi) is 3.62. The largest absolute Gasteiger partial charge is 0.0806 e. The van der Waals surface area contributed by atoms with E-state index in [1.54, 1.807) is 0 Å².